The average molecular weight is 584 g/mol. The molecule has 1 aliphatic rings. The van der Waals surface area contributed by atoms with Gasteiger partial charge in [-0.05, 0) is 41.7 Å². The van der Waals surface area contributed by atoms with Crippen molar-refractivity contribution in [3.05, 3.63) is 107 Å². The fourth-order valence-electron chi connectivity index (χ4n) is 4.65. The SMILES string of the molecule is CS(=O)(=O)N(CC(=O)N(Cc1ccc(Cl)cc1)C(C(=O)NCC1CCCO1)c1ccccc1)Cc1ccccc1. The second-order valence-corrected chi connectivity index (χ2v) is 12.3. The van der Waals surface area contributed by atoms with Crippen molar-refractivity contribution in [2.45, 2.75) is 38.1 Å². The molecule has 1 aliphatic heterocycles. The molecule has 10 heteroatoms. The summed E-state index contributed by atoms with van der Waals surface area (Å²) in [7, 11) is -3.75. The zero-order chi connectivity index (χ0) is 28.5. The monoisotopic (exact) mass is 583 g/mol. The van der Waals surface area contributed by atoms with Crippen LogP contribution < -0.4 is 5.32 Å². The number of amides is 2. The standard InChI is InChI=1S/C30H34ClN3O5S/c1-40(37,38)33(20-23-9-4-2-5-10-23)22-28(35)34(21-24-14-16-26(31)17-15-24)29(25-11-6-3-7-12-25)30(36)32-19-27-13-8-18-39-27/h2-7,9-12,14-17,27,29H,8,13,18-22H2,1H3,(H,32,36). The minimum Gasteiger partial charge on any atom is -0.376 e. The molecule has 0 aliphatic carbocycles. The first kappa shape index (κ1) is 29.7. The Bertz CT molecular complexity index is 1370. The molecule has 0 bridgehead atoms. The number of hydrogen-bond acceptors (Lipinski definition) is 5. The summed E-state index contributed by atoms with van der Waals surface area (Å²) in [6.07, 6.45) is 2.79. The normalized spacial score (nSPS) is 16.0. The van der Waals surface area contributed by atoms with E-state index in [0.29, 0.717) is 23.7 Å². The van der Waals surface area contributed by atoms with Crippen LogP contribution in [0.4, 0.5) is 0 Å². The van der Waals surface area contributed by atoms with Gasteiger partial charge in [0.05, 0.1) is 18.9 Å². The van der Waals surface area contributed by atoms with E-state index in [9.17, 15) is 18.0 Å². The van der Waals surface area contributed by atoms with Crippen molar-refractivity contribution >= 4 is 33.4 Å². The van der Waals surface area contributed by atoms with Crippen molar-refractivity contribution in [3.63, 3.8) is 0 Å². The van der Waals surface area contributed by atoms with Gasteiger partial charge in [-0.25, -0.2) is 8.42 Å². The fourth-order valence-corrected chi connectivity index (χ4v) is 5.51. The summed E-state index contributed by atoms with van der Waals surface area (Å²) in [6, 6.07) is 24.1. The Balaban J connectivity index is 1.67. The number of carbonyl (C=O) groups is 2. The van der Waals surface area contributed by atoms with E-state index in [1.165, 1.54) is 4.90 Å². The first-order valence-electron chi connectivity index (χ1n) is 13.2. The molecule has 2 amide bonds. The highest BCUT2D eigenvalue weighted by Gasteiger charge is 2.34. The third kappa shape index (κ3) is 8.38. The Morgan fingerprint density at radius 3 is 2.17 bits per heavy atom. The van der Waals surface area contributed by atoms with Gasteiger partial charge < -0.3 is 15.0 Å². The summed E-state index contributed by atoms with van der Waals surface area (Å²) >= 11 is 6.09. The number of halogens is 1. The molecule has 1 fully saturated rings. The predicted molar refractivity (Wildman–Crippen MR) is 155 cm³/mol. The van der Waals surface area contributed by atoms with Crippen LogP contribution in [-0.2, 0) is 37.4 Å². The highest BCUT2D eigenvalue weighted by molar-refractivity contribution is 7.88. The average Bonchev–Trinajstić information content (AvgIpc) is 3.47. The first-order chi connectivity index (χ1) is 19.2. The van der Waals surface area contributed by atoms with Gasteiger partial charge >= 0.3 is 0 Å². The number of ether oxygens (including phenoxy) is 1. The van der Waals surface area contributed by atoms with Gasteiger partial charge in [-0.3, -0.25) is 9.59 Å². The van der Waals surface area contributed by atoms with Gasteiger partial charge in [-0.2, -0.15) is 4.31 Å². The van der Waals surface area contributed by atoms with Crippen LogP contribution in [0.25, 0.3) is 0 Å². The lowest BCUT2D eigenvalue weighted by atomic mass is 10.0. The van der Waals surface area contributed by atoms with Crippen LogP contribution in [0.2, 0.25) is 5.02 Å². The highest BCUT2D eigenvalue weighted by atomic mass is 35.5. The van der Waals surface area contributed by atoms with Gasteiger partial charge in [0.1, 0.15) is 6.04 Å². The van der Waals surface area contributed by atoms with Gasteiger partial charge in [-0.15, -0.1) is 0 Å². The molecule has 2 atom stereocenters. The highest BCUT2D eigenvalue weighted by Crippen LogP contribution is 2.26. The summed E-state index contributed by atoms with van der Waals surface area (Å²) in [6.45, 7) is 0.665. The number of carbonyl (C=O) groups excluding carboxylic acids is 2. The Hall–Kier alpha value is -3.24. The van der Waals surface area contributed by atoms with E-state index in [-0.39, 0.29) is 25.1 Å². The molecule has 8 nitrogen and oxygen atoms in total. The summed E-state index contributed by atoms with van der Waals surface area (Å²) in [5.74, 6) is -0.865. The third-order valence-corrected chi connectivity index (χ3v) is 8.22. The maximum atomic E-state index is 14.0. The summed E-state index contributed by atoms with van der Waals surface area (Å²) in [5.41, 5.74) is 2.11. The van der Waals surface area contributed by atoms with Crippen molar-refractivity contribution in [2.75, 3.05) is 26.0 Å². The van der Waals surface area contributed by atoms with E-state index in [2.05, 4.69) is 5.32 Å². The van der Waals surface area contributed by atoms with Crippen molar-refractivity contribution < 1.29 is 22.7 Å². The zero-order valence-corrected chi connectivity index (χ0v) is 24.0. The second-order valence-electron chi connectivity index (χ2n) is 9.86. The maximum Gasteiger partial charge on any atom is 0.247 e. The lowest BCUT2D eigenvalue weighted by Gasteiger charge is -2.33. The molecule has 0 radical (unpaired) electrons. The molecule has 0 spiro atoms. The van der Waals surface area contributed by atoms with Crippen LogP contribution in [0.3, 0.4) is 0 Å². The number of nitrogens with zero attached hydrogens (tertiary/aromatic N) is 2. The van der Waals surface area contributed by atoms with Crippen LogP contribution in [0.5, 0.6) is 0 Å². The van der Waals surface area contributed by atoms with Gasteiger partial charge in [0.15, 0.2) is 0 Å². The summed E-state index contributed by atoms with van der Waals surface area (Å²) in [5, 5.41) is 3.51. The minimum atomic E-state index is -3.75. The molecular weight excluding hydrogens is 550 g/mol. The van der Waals surface area contributed by atoms with Crippen molar-refractivity contribution in [1.82, 2.24) is 14.5 Å². The minimum absolute atomic E-state index is 0.0292. The van der Waals surface area contributed by atoms with Crippen LogP contribution in [-0.4, -0.2) is 61.5 Å². The molecule has 0 saturated carbocycles. The maximum absolute atomic E-state index is 14.0. The van der Waals surface area contributed by atoms with E-state index in [0.717, 1.165) is 34.5 Å². The molecule has 2 unspecified atom stereocenters. The number of benzene rings is 3. The molecule has 212 valence electrons. The van der Waals surface area contributed by atoms with Gasteiger partial charge in [0.2, 0.25) is 21.8 Å². The molecule has 1 saturated heterocycles. The second kappa shape index (κ2) is 13.9. The Morgan fingerprint density at radius 2 is 1.57 bits per heavy atom. The van der Waals surface area contributed by atoms with Crippen LogP contribution in [0.15, 0.2) is 84.9 Å². The largest absolute Gasteiger partial charge is 0.376 e. The number of nitrogens with one attached hydrogen (secondary N) is 1. The van der Waals surface area contributed by atoms with Gasteiger partial charge in [0, 0.05) is 31.3 Å². The van der Waals surface area contributed by atoms with Crippen LogP contribution in [0.1, 0.15) is 35.6 Å². The molecule has 0 aromatic heterocycles. The summed E-state index contributed by atoms with van der Waals surface area (Å²) in [4.78, 5) is 29.2. The fraction of sp³-hybridized carbons (Fsp3) is 0.333. The lowest BCUT2D eigenvalue weighted by Crippen LogP contribution is -2.48. The van der Waals surface area contributed by atoms with Crippen LogP contribution >= 0.6 is 11.6 Å². The molecule has 4 rings (SSSR count). The van der Waals surface area contributed by atoms with E-state index in [1.54, 1.807) is 60.7 Å². The third-order valence-electron chi connectivity index (χ3n) is 6.77. The lowest BCUT2D eigenvalue weighted by molar-refractivity contribution is -0.142. The number of sulfonamides is 1. The number of hydrogen-bond donors (Lipinski definition) is 1. The summed E-state index contributed by atoms with van der Waals surface area (Å²) < 4.78 is 32.3. The molecule has 1 heterocycles. The van der Waals surface area contributed by atoms with E-state index in [4.69, 9.17) is 16.3 Å². The molecule has 40 heavy (non-hydrogen) atoms. The van der Waals surface area contributed by atoms with E-state index < -0.39 is 28.5 Å². The van der Waals surface area contributed by atoms with E-state index >= 15 is 0 Å². The van der Waals surface area contributed by atoms with Gasteiger partial charge in [0.25, 0.3) is 0 Å². The van der Waals surface area contributed by atoms with Crippen LogP contribution in [0, 0.1) is 0 Å². The van der Waals surface area contributed by atoms with Crippen molar-refractivity contribution in [2.24, 2.45) is 0 Å². The molecule has 1 N–H and O–H groups in total. The Morgan fingerprint density at radius 1 is 0.950 bits per heavy atom. The smallest absolute Gasteiger partial charge is 0.247 e. The Labute approximate surface area is 240 Å². The first-order valence-corrected chi connectivity index (χ1v) is 15.4. The molecule has 3 aromatic carbocycles. The Kier molecular flexibility index (Phi) is 10.3. The quantitative estimate of drug-likeness (QED) is 0.345. The number of rotatable bonds is 12. The topological polar surface area (TPSA) is 96.0 Å². The van der Waals surface area contributed by atoms with Crippen molar-refractivity contribution in [3.8, 4) is 0 Å². The molecular formula is C30H34ClN3O5S. The van der Waals surface area contributed by atoms with E-state index in [1.807, 2.05) is 24.3 Å². The van der Waals surface area contributed by atoms with Crippen molar-refractivity contribution in [1.29, 1.82) is 0 Å². The predicted octanol–water partition coefficient (Wildman–Crippen LogP) is 4.17. The molecule has 3 aromatic rings. The van der Waals surface area contributed by atoms with Gasteiger partial charge in [-0.1, -0.05) is 84.4 Å². The zero-order valence-electron chi connectivity index (χ0n) is 22.4.